The Hall–Kier alpha value is -1.03. The number of aromatic nitrogens is 2. The molecule has 0 saturated carbocycles. The third-order valence-corrected chi connectivity index (χ3v) is 1.70. The van der Waals surface area contributed by atoms with Crippen molar-refractivity contribution in [3.8, 4) is 6.01 Å². The summed E-state index contributed by atoms with van der Waals surface area (Å²) >= 11 is 0. The van der Waals surface area contributed by atoms with Gasteiger partial charge in [0.15, 0.2) is 0 Å². The van der Waals surface area contributed by atoms with Gasteiger partial charge in [0, 0.05) is 19.9 Å². The molecule has 4 heteroatoms. The minimum Gasteiger partial charge on any atom is -0.462 e. The smallest absolute Gasteiger partial charge is 0.296 e. The summed E-state index contributed by atoms with van der Waals surface area (Å²) in [5.41, 5.74) is 1.09. The molecule has 20 heavy (non-hydrogen) atoms. The van der Waals surface area contributed by atoms with Crippen molar-refractivity contribution in [1.29, 1.82) is 0 Å². The van der Waals surface area contributed by atoms with Crippen LogP contribution in [0.2, 0.25) is 0 Å². The van der Waals surface area contributed by atoms with Gasteiger partial charge in [-0.25, -0.2) is 4.98 Å². The first-order valence-corrected chi connectivity index (χ1v) is 7.85. The lowest BCUT2D eigenvalue weighted by molar-refractivity contribution is 0.139. The molecular weight excluding hydrogens is 252 g/mol. The fourth-order valence-electron chi connectivity index (χ4n) is 0.823. The number of methoxy groups -OCH3 is 1. The van der Waals surface area contributed by atoms with Crippen LogP contribution in [0.25, 0.3) is 0 Å². The Bertz CT molecular complexity index is 249. The molecule has 1 rings (SSSR count). The SMILES string of the molecule is CC.CC.CC.CC.COCCOc1ncc(C)n1C. The Morgan fingerprint density at radius 3 is 1.70 bits per heavy atom. The molecule has 0 aliphatic rings. The van der Waals surface area contributed by atoms with Gasteiger partial charge >= 0.3 is 0 Å². The van der Waals surface area contributed by atoms with Gasteiger partial charge in [-0.15, -0.1) is 0 Å². The van der Waals surface area contributed by atoms with Crippen LogP contribution in [-0.4, -0.2) is 29.9 Å². The van der Waals surface area contributed by atoms with E-state index in [9.17, 15) is 0 Å². The van der Waals surface area contributed by atoms with E-state index in [2.05, 4.69) is 4.98 Å². The van der Waals surface area contributed by atoms with Crippen LogP contribution in [-0.2, 0) is 11.8 Å². The molecule has 0 saturated heterocycles. The van der Waals surface area contributed by atoms with Crippen molar-refractivity contribution in [2.45, 2.75) is 62.3 Å². The lowest BCUT2D eigenvalue weighted by atomic mass is 10.5. The predicted molar refractivity (Wildman–Crippen MR) is 90.7 cm³/mol. The zero-order chi connectivity index (χ0) is 17.0. The number of ether oxygens (including phenoxy) is 2. The van der Waals surface area contributed by atoms with Crippen molar-refractivity contribution in [2.24, 2.45) is 7.05 Å². The van der Waals surface area contributed by atoms with Gasteiger partial charge < -0.3 is 14.0 Å². The zero-order valence-electron chi connectivity index (χ0n) is 15.7. The number of hydrogen-bond acceptors (Lipinski definition) is 3. The van der Waals surface area contributed by atoms with Crippen LogP contribution in [0.3, 0.4) is 0 Å². The number of imidazole rings is 1. The normalized spacial score (nSPS) is 7.35. The maximum absolute atomic E-state index is 5.32. The molecule has 1 aromatic heterocycles. The van der Waals surface area contributed by atoms with Crippen LogP contribution in [0, 0.1) is 6.92 Å². The second kappa shape index (κ2) is 26.5. The second-order valence-electron chi connectivity index (χ2n) is 2.58. The lowest BCUT2D eigenvalue weighted by Crippen LogP contribution is -2.07. The monoisotopic (exact) mass is 290 g/mol. The third-order valence-electron chi connectivity index (χ3n) is 1.70. The van der Waals surface area contributed by atoms with E-state index in [-0.39, 0.29) is 0 Å². The molecule has 0 aliphatic heterocycles. The second-order valence-corrected chi connectivity index (χ2v) is 2.58. The Kier molecular flexibility index (Phi) is 36.2. The summed E-state index contributed by atoms with van der Waals surface area (Å²) in [5, 5.41) is 0. The number of aryl methyl sites for hydroxylation is 1. The van der Waals surface area contributed by atoms with Gasteiger partial charge in [-0.2, -0.15) is 0 Å². The summed E-state index contributed by atoms with van der Waals surface area (Å²) in [6.45, 7) is 19.1. The molecule has 124 valence electrons. The molecule has 1 aromatic rings. The molecule has 0 aromatic carbocycles. The summed E-state index contributed by atoms with van der Waals surface area (Å²) in [6.07, 6.45) is 1.78. The van der Waals surface area contributed by atoms with Gasteiger partial charge in [0.1, 0.15) is 6.61 Å². The average Bonchev–Trinajstić information content (AvgIpc) is 2.87. The Morgan fingerprint density at radius 2 is 1.40 bits per heavy atom. The summed E-state index contributed by atoms with van der Waals surface area (Å²) in [6, 6.07) is 0.643. The zero-order valence-corrected chi connectivity index (χ0v) is 15.7. The first-order chi connectivity index (χ1) is 9.75. The molecule has 0 amide bonds. The van der Waals surface area contributed by atoms with E-state index in [1.54, 1.807) is 13.3 Å². The largest absolute Gasteiger partial charge is 0.462 e. The highest BCUT2D eigenvalue weighted by atomic mass is 16.5. The van der Waals surface area contributed by atoms with Gasteiger partial charge in [0.2, 0.25) is 0 Å². The van der Waals surface area contributed by atoms with E-state index >= 15 is 0 Å². The molecule has 0 fully saturated rings. The van der Waals surface area contributed by atoms with Gasteiger partial charge in [0.05, 0.1) is 12.8 Å². The van der Waals surface area contributed by atoms with Crippen LogP contribution in [0.15, 0.2) is 6.20 Å². The van der Waals surface area contributed by atoms with Gasteiger partial charge in [-0.3, -0.25) is 0 Å². The topological polar surface area (TPSA) is 36.3 Å². The van der Waals surface area contributed by atoms with E-state index in [1.807, 2.05) is 73.9 Å². The molecule has 1 heterocycles. The molecule has 0 spiro atoms. The van der Waals surface area contributed by atoms with E-state index in [0.29, 0.717) is 19.2 Å². The van der Waals surface area contributed by atoms with Crippen molar-refractivity contribution in [3.05, 3.63) is 11.9 Å². The quantitative estimate of drug-likeness (QED) is 0.743. The standard InChI is InChI=1S/C8H14N2O2.4C2H6/c1-7-6-9-8(10(7)2)12-5-4-11-3;4*1-2/h6H,4-5H2,1-3H3;4*1-2H3. The average molecular weight is 290 g/mol. The van der Waals surface area contributed by atoms with Gasteiger partial charge in [-0.05, 0) is 6.92 Å². The fourth-order valence-corrected chi connectivity index (χ4v) is 0.823. The highest BCUT2D eigenvalue weighted by Gasteiger charge is 2.02. The van der Waals surface area contributed by atoms with E-state index < -0.39 is 0 Å². The predicted octanol–water partition coefficient (Wildman–Crippen LogP) is 4.86. The number of hydrogen-bond donors (Lipinski definition) is 0. The fraction of sp³-hybridized carbons (Fsp3) is 0.812. The van der Waals surface area contributed by atoms with Gasteiger partial charge in [0.25, 0.3) is 6.01 Å². The maximum Gasteiger partial charge on any atom is 0.296 e. The highest BCUT2D eigenvalue weighted by Crippen LogP contribution is 2.08. The van der Waals surface area contributed by atoms with Crippen LogP contribution >= 0.6 is 0 Å². The minimum absolute atomic E-state index is 0.542. The third kappa shape index (κ3) is 15.0. The molecular formula is C16H38N2O2. The summed E-state index contributed by atoms with van der Waals surface area (Å²) < 4.78 is 12.1. The van der Waals surface area contributed by atoms with Crippen LogP contribution in [0.1, 0.15) is 61.1 Å². The number of nitrogens with zero attached hydrogens (tertiary/aromatic N) is 2. The molecule has 0 atom stereocenters. The van der Waals surface area contributed by atoms with Crippen molar-refractivity contribution in [3.63, 3.8) is 0 Å². The lowest BCUT2D eigenvalue weighted by Gasteiger charge is -2.04. The van der Waals surface area contributed by atoms with Crippen molar-refractivity contribution < 1.29 is 9.47 Å². The molecule has 0 bridgehead atoms. The number of rotatable bonds is 4. The van der Waals surface area contributed by atoms with Crippen molar-refractivity contribution >= 4 is 0 Å². The summed E-state index contributed by atoms with van der Waals surface area (Å²) in [7, 11) is 3.57. The molecule has 4 nitrogen and oxygen atoms in total. The molecule has 0 N–H and O–H groups in total. The van der Waals surface area contributed by atoms with Crippen LogP contribution in [0.5, 0.6) is 6.01 Å². The Labute approximate surface area is 127 Å². The van der Waals surface area contributed by atoms with Crippen LogP contribution < -0.4 is 4.74 Å². The summed E-state index contributed by atoms with van der Waals surface area (Å²) in [4.78, 5) is 4.07. The van der Waals surface area contributed by atoms with E-state index in [4.69, 9.17) is 9.47 Å². The Morgan fingerprint density at radius 1 is 0.950 bits per heavy atom. The first-order valence-electron chi connectivity index (χ1n) is 7.85. The van der Waals surface area contributed by atoms with Gasteiger partial charge in [-0.1, -0.05) is 55.4 Å². The highest BCUT2D eigenvalue weighted by molar-refractivity contribution is 5.06. The molecule has 0 radical (unpaired) electrons. The first kappa shape index (κ1) is 27.3. The van der Waals surface area contributed by atoms with Crippen LogP contribution in [0.4, 0.5) is 0 Å². The maximum atomic E-state index is 5.32. The molecule has 0 unspecified atom stereocenters. The van der Waals surface area contributed by atoms with E-state index in [1.165, 1.54) is 0 Å². The minimum atomic E-state index is 0.542. The summed E-state index contributed by atoms with van der Waals surface area (Å²) in [5.74, 6) is 0. The van der Waals surface area contributed by atoms with Crippen molar-refractivity contribution in [2.75, 3.05) is 20.3 Å². The Balaban J connectivity index is -0.000000138. The van der Waals surface area contributed by atoms with Crippen molar-refractivity contribution in [1.82, 2.24) is 9.55 Å². The van der Waals surface area contributed by atoms with E-state index in [0.717, 1.165) is 5.69 Å². The molecule has 0 aliphatic carbocycles.